The average molecular weight is 231 g/mol. The number of aromatic nitrogens is 1. The summed E-state index contributed by atoms with van der Waals surface area (Å²) < 4.78 is 10.9. The first kappa shape index (κ1) is 11.7. The van der Waals surface area contributed by atoms with E-state index in [9.17, 15) is 0 Å². The Morgan fingerprint density at radius 2 is 1.88 bits per heavy atom. The highest BCUT2D eigenvalue weighted by atomic mass is 16.5. The van der Waals surface area contributed by atoms with Gasteiger partial charge in [-0.15, -0.1) is 0 Å². The number of rotatable bonds is 3. The first-order valence-electron chi connectivity index (χ1n) is 5.69. The summed E-state index contributed by atoms with van der Waals surface area (Å²) in [4.78, 5) is 0. The topological polar surface area (TPSA) is 35.3 Å². The van der Waals surface area contributed by atoms with Gasteiger partial charge in [-0.05, 0) is 50.5 Å². The molecule has 2 rings (SSSR count). The van der Waals surface area contributed by atoms with E-state index in [-0.39, 0.29) is 0 Å². The van der Waals surface area contributed by atoms with E-state index in [1.165, 1.54) is 16.7 Å². The molecule has 90 valence electrons. The second-order valence-electron chi connectivity index (χ2n) is 4.43. The molecule has 0 N–H and O–H groups in total. The Morgan fingerprint density at radius 1 is 1.12 bits per heavy atom. The third kappa shape index (κ3) is 2.67. The fraction of sp³-hybridized carbons (Fsp3) is 0.357. The molecule has 3 heteroatoms. The highest BCUT2D eigenvalue weighted by Crippen LogP contribution is 2.24. The van der Waals surface area contributed by atoms with Gasteiger partial charge in [-0.1, -0.05) is 11.2 Å². The van der Waals surface area contributed by atoms with Gasteiger partial charge in [0, 0.05) is 6.07 Å². The molecule has 1 heterocycles. The van der Waals surface area contributed by atoms with Crippen molar-refractivity contribution >= 4 is 0 Å². The summed E-state index contributed by atoms with van der Waals surface area (Å²) >= 11 is 0. The van der Waals surface area contributed by atoms with Crippen molar-refractivity contribution in [2.75, 3.05) is 0 Å². The van der Waals surface area contributed by atoms with Crippen LogP contribution in [-0.2, 0) is 6.61 Å². The Labute approximate surface area is 101 Å². The Kier molecular flexibility index (Phi) is 3.18. The zero-order valence-corrected chi connectivity index (χ0v) is 10.7. The third-order valence-electron chi connectivity index (χ3n) is 2.81. The number of hydrogen-bond acceptors (Lipinski definition) is 3. The van der Waals surface area contributed by atoms with Gasteiger partial charge in [0.2, 0.25) is 0 Å². The van der Waals surface area contributed by atoms with Crippen LogP contribution in [0.1, 0.15) is 28.1 Å². The van der Waals surface area contributed by atoms with Gasteiger partial charge in [0.1, 0.15) is 12.4 Å². The molecular weight excluding hydrogens is 214 g/mol. The highest BCUT2D eigenvalue weighted by Gasteiger charge is 2.06. The Bertz CT molecular complexity index is 529. The van der Waals surface area contributed by atoms with Crippen LogP contribution >= 0.6 is 0 Å². The zero-order chi connectivity index (χ0) is 12.4. The van der Waals surface area contributed by atoms with Gasteiger partial charge in [-0.2, -0.15) is 0 Å². The van der Waals surface area contributed by atoms with Gasteiger partial charge in [0.25, 0.3) is 0 Å². The van der Waals surface area contributed by atoms with Crippen LogP contribution in [0.4, 0.5) is 0 Å². The molecule has 0 atom stereocenters. The second-order valence-corrected chi connectivity index (χ2v) is 4.43. The maximum absolute atomic E-state index is 5.76. The largest absolute Gasteiger partial charge is 0.485 e. The first-order valence-corrected chi connectivity index (χ1v) is 5.69. The number of nitrogens with zero attached hydrogens (tertiary/aromatic N) is 1. The van der Waals surface area contributed by atoms with Crippen LogP contribution < -0.4 is 4.74 Å². The fourth-order valence-corrected chi connectivity index (χ4v) is 1.78. The molecule has 0 fully saturated rings. The summed E-state index contributed by atoms with van der Waals surface area (Å²) in [6, 6.07) is 6.09. The molecule has 0 amide bonds. The van der Waals surface area contributed by atoms with Gasteiger partial charge < -0.3 is 9.26 Å². The van der Waals surface area contributed by atoms with E-state index < -0.39 is 0 Å². The van der Waals surface area contributed by atoms with Crippen molar-refractivity contribution in [3.63, 3.8) is 0 Å². The van der Waals surface area contributed by atoms with Gasteiger partial charge in [-0.25, -0.2) is 0 Å². The normalized spacial score (nSPS) is 10.6. The second kappa shape index (κ2) is 4.62. The Morgan fingerprint density at radius 3 is 2.53 bits per heavy atom. The Balaban J connectivity index is 2.14. The zero-order valence-electron chi connectivity index (χ0n) is 10.7. The van der Waals surface area contributed by atoms with Crippen molar-refractivity contribution in [1.82, 2.24) is 5.16 Å². The van der Waals surface area contributed by atoms with Gasteiger partial charge in [0.05, 0.1) is 5.69 Å². The maximum atomic E-state index is 5.76. The molecule has 1 aromatic carbocycles. The quantitative estimate of drug-likeness (QED) is 0.811. The van der Waals surface area contributed by atoms with E-state index in [2.05, 4.69) is 32.0 Å². The fourth-order valence-electron chi connectivity index (χ4n) is 1.78. The Hall–Kier alpha value is -1.77. The monoisotopic (exact) mass is 231 g/mol. The highest BCUT2D eigenvalue weighted by molar-refractivity contribution is 5.41. The number of ether oxygens (including phenoxy) is 1. The van der Waals surface area contributed by atoms with Crippen molar-refractivity contribution in [3.05, 3.63) is 46.3 Å². The molecule has 0 spiro atoms. The van der Waals surface area contributed by atoms with Crippen LogP contribution in [0.5, 0.6) is 5.75 Å². The third-order valence-corrected chi connectivity index (χ3v) is 2.81. The van der Waals surface area contributed by atoms with Crippen molar-refractivity contribution in [1.29, 1.82) is 0 Å². The van der Waals surface area contributed by atoms with Crippen LogP contribution in [-0.4, -0.2) is 5.16 Å². The number of aryl methyl sites for hydroxylation is 3. The minimum atomic E-state index is 0.421. The van der Waals surface area contributed by atoms with Crippen LogP contribution in [0.2, 0.25) is 0 Å². The number of hydrogen-bond donors (Lipinski definition) is 0. The smallest absolute Gasteiger partial charge is 0.174 e. The van der Waals surface area contributed by atoms with Crippen molar-refractivity contribution in [2.45, 2.75) is 34.3 Å². The molecule has 0 saturated carbocycles. The van der Waals surface area contributed by atoms with E-state index in [1.807, 2.05) is 19.1 Å². The predicted molar refractivity (Wildman–Crippen MR) is 66.2 cm³/mol. The van der Waals surface area contributed by atoms with E-state index >= 15 is 0 Å². The van der Waals surface area contributed by atoms with Crippen molar-refractivity contribution in [3.8, 4) is 5.75 Å². The standard InChI is InChI=1S/C14H17NO2/c1-9-5-10(2)12(4)14(6-9)16-8-13-7-11(3)15-17-13/h5-7H,8H2,1-4H3. The summed E-state index contributed by atoms with van der Waals surface area (Å²) in [6.07, 6.45) is 0. The molecule has 1 aromatic heterocycles. The van der Waals surface area contributed by atoms with Crippen LogP contribution in [0, 0.1) is 27.7 Å². The molecule has 2 aromatic rings. The lowest BCUT2D eigenvalue weighted by Gasteiger charge is -2.11. The van der Waals surface area contributed by atoms with Crippen molar-refractivity contribution < 1.29 is 9.26 Å². The molecule has 0 aliphatic carbocycles. The van der Waals surface area contributed by atoms with Gasteiger partial charge in [-0.3, -0.25) is 0 Å². The molecule has 17 heavy (non-hydrogen) atoms. The minimum absolute atomic E-state index is 0.421. The predicted octanol–water partition coefficient (Wildman–Crippen LogP) is 3.49. The van der Waals surface area contributed by atoms with Gasteiger partial charge >= 0.3 is 0 Å². The summed E-state index contributed by atoms with van der Waals surface area (Å²) in [5, 5.41) is 3.83. The lowest BCUT2D eigenvalue weighted by molar-refractivity contribution is 0.247. The summed E-state index contributed by atoms with van der Waals surface area (Å²) in [5.74, 6) is 1.66. The molecule has 0 aliphatic heterocycles. The van der Waals surface area contributed by atoms with E-state index in [4.69, 9.17) is 9.26 Å². The van der Waals surface area contributed by atoms with E-state index in [1.54, 1.807) is 0 Å². The molecule has 0 aliphatic rings. The summed E-state index contributed by atoms with van der Waals surface area (Å²) in [6.45, 7) is 8.54. The molecule has 0 unspecified atom stereocenters. The summed E-state index contributed by atoms with van der Waals surface area (Å²) in [7, 11) is 0. The van der Waals surface area contributed by atoms with Crippen LogP contribution in [0.25, 0.3) is 0 Å². The molecule has 0 bridgehead atoms. The van der Waals surface area contributed by atoms with E-state index in [0.29, 0.717) is 6.61 Å². The molecule has 0 radical (unpaired) electrons. The lowest BCUT2D eigenvalue weighted by atomic mass is 10.1. The lowest BCUT2D eigenvalue weighted by Crippen LogP contribution is -1.97. The van der Waals surface area contributed by atoms with Crippen LogP contribution in [0.3, 0.4) is 0 Å². The minimum Gasteiger partial charge on any atom is -0.485 e. The maximum Gasteiger partial charge on any atom is 0.174 e. The van der Waals surface area contributed by atoms with E-state index in [0.717, 1.165) is 17.2 Å². The first-order chi connectivity index (χ1) is 8.06. The van der Waals surface area contributed by atoms with Crippen LogP contribution in [0.15, 0.2) is 22.7 Å². The SMILES string of the molecule is Cc1cc(C)c(C)c(OCc2cc(C)no2)c1. The molecule has 0 saturated heterocycles. The summed E-state index contributed by atoms with van der Waals surface area (Å²) in [5.41, 5.74) is 4.50. The number of benzene rings is 1. The van der Waals surface area contributed by atoms with Crippen molar-refractivity contribution in [2.24, 2.45) is 0 Å². The average Bonchev–Trinajstić information content (AvgIpc) is 2.67. The van der Waals surface area contributed by atoms with Gasteiger partial charge in [0.15, 0.2) is 5.76 Å². The molecular formula is C14H17NO2. The molecule has 3 nitrogen and oxygen atoms in total.